The van der Waals surface area contributed by atoms with Crippen molar-refractivity contribution in [1.29, 1.82) is 0 Å². The fraction of sp³-hybridized carbons (Fsp3) is 0.900. The summed E-state index contributed by atoms with van der Waals surface area (Å²) in [6.45, 7) is 2.43. The topological polar surface area (TPSA) is 12.0 Å². The van der Waals surface area contributed by atoms with Crippen molar-refractivity contribution in [2.75, 3.05) is 5.75 Å². The van der Waals surface area contributed by atoms with Crippen LogP contribution in [0.2, 0.25) is 0 Å². The second kappa shape index (κ2) is 2.58. The first-order chi connectivity index (χ1) is 5.83. The van der Waals surface area contributed by atoms with Crippen molar-refractivity contribution in [2.24, 2.45) is 11.8 Å². The summed E-state index contributed by atoms with van der Waals surface area (Å²) in [5.74, 6) is 3.56. The van der Waals surface area contributed by atoms with Crippen LogP contribution in [0, 0.1) is 11.8 Å². The summed E-state index contributed by atoms with van der Waals surface area (Å²) in [5.41, 5.74) is 2.42. The summed E-state index contributed by atoms with van der Waals surface area (Å²) in [6.07, 6.45) is 4.49. The van der Waals surface area contributed by atoms with E-state index in [1.165, 1.54) is 25.0 Å². The minimum absolute atomic E-state index is 0.660. The number of fused-ring (bicyclic) bond motifs is 4. The Hall–Kier alpha value is 0.180. The van der Waals surface area contributed by atoms with E-state index < -0.39 is 0 Å². The van der Waals surface area contributed by atoms with Gasteiger partial charge in [0.1, 0.15) is 0 Å². The molecule has 1 saturated heterocycles. The predicted octanol–water partition coefficient (Wildman–Crippen LogP) is 1.81. The number of rotatable bonds is 0. The van der Waals surface area contributed by atoms with E-state index in [1.807, 2.05) is 0 Å². The summed E-state index contributed by atoms with van der Waals surface area (Å²) in [7, 11) is 0.660. The van der Waals surface area contributed by atoms with Crippen LogP contribution in [-0.4, -0.2) is 22.5 Å². The molecule has 0 aromatic heterocycles. The molecule has 0 radical (unpaired) electrons. The van der Waals surface area contributed by atoms with Gasteiger partial charge in [0.2, 0.25) is 0 Å². The molecule has 0 amide bonds. The molecular weight excluding hydrogens is 166 g/mol. The highest BCUT2D eigenvalue weighted by atomic mass is 32.2. The van der Waals surface area contributed by atoms with Crippen molar-refractivity contribution in [3.63, 3.8) is 0 Å². The van der Waals surface area contributed by atoms with E-state index in [9.17, 15) is 0 Å². The second-order valence-corrected chi connectivity index (χ2v) is 6.84. The number of hydrogen-bond donors (Lipinski definition) is 1. The predicted molar refractivity (Wildman–Crippen MR) is 55.7 cm³/mol. The molecule has 5 atom stereocenters. The van der Waals surface area contributed by atoms with E-state index in [4.69, 9.17) is 0 Å². The molecule has 2 fully saturated rings. The zero-order valence-electron chi connectivity index (χ0n) is 7.62. The maximum absolute atomic E-state index is 3.55. The van der Waals surface area contributed by atoms with Gasteiger partial charge in [0.05, 0.1) is 0 Å². The van der Waals surface area contributed by atoms with Crippen LogP contribution in [-0.2, 0) is 0 Å². The van der Waals surface area contributed by atoms with Gasteiger partial charge >= 0.3 is 0 Å². The Balaban J connectivity index is 1.89. The lowest BCUT2D eigenvalue weighted by Gasteiger charge is -2.29. The Morgan fingerprint density at radius 1 is 1.33 bits per heavy atom. The molecule has 68 valence electrons. The lowest BCUT2D eigenvalue weighted by Crippen LogP contribution is -2.31. The van der Waals surface area contributed by atoms with Crippen LogP contribution in [0.4, 0.5) is 0 Å². The van der Waals surface area contributed by atoms with Crippen LogP contribution in [0.1, 0.15) is 26.2 Å². The first-order valence-corrected chi connectivity index (χ1v) is 6.63. The molecule has 2 heteroatoms. The molecule has 0 spiro atoms. The molecular formula is C10H17NS. The van der Waals surface area contributed by atoms with Gasteiger partial charge in [-0.2, -0.15) is 10.5 Å². The van der Waals surface area contributed by atoms with Crippen LogP contribution in [0.3, 0.4) is 0 Å². The lowest BCUT2D eigenvalue weighted by molar-refractivity contribution is 0.429. The Labute approximate surface area is 76.9 Å². The summed E-state index contributed by atoms with van der Waals surface area (Å²) < 4.78 is 0. The van der Waals surface area contributed by atoms with Gasteiger partial charge < -0.3 is 0 Å². The van der Waals surface area contributed by atoms with Gasteiger partial charge in [-0.3, -0.25) is 5.32 Å². The van der Waals surface area contributed by atoms with Crippen LogP contribution >= 0.6 is 10.5 Å². The Morgan fingerprint density at radius 2 is 2.25 bits per heavy atom. The van der Waals surface area contributed by atoms with E-state index in [0.717, 1.165) is 23.1 Å². The maximum Gasteiger partial charge on any atom is 0.0201 e. The quantitative estimate of drug-likeness (QED) is 0.565. The van der Waals surface area contributed by atoms with Crippen molar-refractivity contribution in [3.05, 3.63) is 0 Å². The van der Waals surface area contributed by atoms with E-state index in [-0.39, 0.29) is 0 Å². The third-order valence-corrected chi connectivity index (χ3v) is 6.27. The van der Waals surface area contributed by atoms with Crippen molar-refractivity contribution in [1.82, 2.24) is 5.32 Å². The number of nitrogens with one attached hydrogen (secondary N) is 1. The van der Waals surface area contributed by atoms with Gasteiger partial charge in [-0.1, -0.05) is 6.92 Å². The minimum Gasteiger partial charge on any atom is -0.286 e. The molecule has 3 aliphatic rings. The molecule has 5 unspecified atom stereocenters. The van der Waals surface area contributed by atoms with Gasteiger partial charge in [0, 0.05) is 22.5 Å². The average molecular weight is 183 g/mol. The Morgan fingerprint density at radius 3 is 3.17 bits per heavy atom. The summed E-state index contributed by atoms with van der Waals surface area (Å²) in [5, 5.41) is 4.62. The minimum atomic E-state index is 0.660. The molecule has 12 heavy (non-hydrogen) atoms. The number of hydrogen-bond acceptors (Lipinski definition) is 1. The highest BCUT2D eigenvalue weighted by Gasteiger charge is 2.41. The maximum atomic E-state index is 3.55. The Bertz CT molecular complexity index is 236. The lowest BCUT2D eigenvalue weighted by atomic mass is 9.97. The molecule has 1 nitrogen and oxygen atoms in total. The average Bonchev–Trinajstić information content (AvgIpc) is 2.57. The molecule has 1 N–H and O–H groups in total. The molecule has 2 bridgehead atoms. The molecule has 1 aliphatic carbocycles. The van der Waals surface area contributed by atoms with E-state index >= 15 is 0 Å². The van der Waals surface area contributed by atoms with Crippen molar-refractivity contribution >= 4 is 16.0 Å². The van der Waals surface area contributed by atoms with Crippen LogP contribution in [0.5, 0.6) is 0 Å². The summed E-state index contributed by atoms with van der Waals surface area (Å²) in [4.78, 5) is 0. The van der Waals surface area contributed by atoms with Gasteiger partial charge in [-0.15, -0.1) is 0 Å². The fourth-order valence-corrected chi connectivity index (χ4v) is 6.07. The summed E-state index contributed by atoms with van der Waals surface area (Å²) >= 11 is 0. The van der Waals surface area contributed by atoms with Crippen molar-refractivity contribution in [2.45, 2.75) is 37.5 Å². The smallest absolute Gasteiger partial charge is 0.0201 e. The third kappa shape index (κ3) is 1.01. The first-order valence-electron chi connectivity index (χ1n) is 5.11. The van der Waals surface area contributed by atoms with E-state index in [2.05, 4.69) is 17.7 Å². The second-order valence-electron chi connectivity index (χ2n) is 4.73. The monoisotopic (exact) mass is 183 g/mol. The third-order valence-electron chi connectivity index (χ3n) is 3.69. The molecule has 2 heterocycles. The van der Waals surface area contributed by atoms with Gasteiger partial charge in [0.15, 0.2) is 0 Å². The fourth-order valence-electron chi connectivity index (χ4n) is 3.20. The largest absolute Gasteiger partial charge is 0.286 e. The van der Waals surface area contributed by atoms with Crippen LogP contribution in [0.25, 0.3) is 0 Å². The molecule has 1 saturated carbocycles. The first kappa shape index (κ1) is 7.57. The Kier molecular flexibility index (Phi) is 1.63. The molecule has 2 aliphatic heterocycles. The zero-order chi connectivity index (χ0) is 8.13. The highest BCUT2D eigenvalue weighted by molar-refractivity contribution is 8.15. The van der Waals surface area contributed by atoms with Crippen molar-refractivity contribution in [3.8, 4) is 0 Å². The van der Waals surface area contributed by atoms with Gasteiger partial charge in [0.25, 0.3) is 0 Å². The molecule has 3 rings (SSSR count). The normalized spacial score (nSPS) is 56.6. The van der Waals surface area contributed by atoms with E-state index in [1.54, 1.807) is 0 Å². The SMILES string of the molecule is CC1CC2CC3CS(=CN3)C2C1. The molecule has 0 aromatic carbocycles. The zero-order valence-corrected chi connectivity index (χ0v) is 8.44. The van der Waals surface area contributed by atoms with Crippen LogP contribution < -0.4 is 5.32 Å². The van der Waals surface area contributed by atoms with Crippen LogP contribution in [0.15, 0.2) is 0 Å². The van der Waals surface area contributed by atoms with E-state index in [0.29, 0.717) is 10.5 Å². The molecule has 0 aromatic rings. The van der Waals surface area contributed by atoms with Crippen molar-refractivity contribution < 1.29 is 0 Å². The summed E-state index contributed by atoms with van der Waals surface area (Å²) in [6, 6.07) is 0.861. The highest BCUT2D eigenvalue weighted by Crippen LogP contribution is 2.49. The van der Waals surface area contributed by atoms with Gasteiger partial charge in [-0.05, 0) is 31.1 Å². The standard InChI is InChI=1S/C10H17NS/c1-7-2-8-4-9-5-12(6-11-9)10(8)3-7/h6-11H,2-5H2,1H3. The van der Waals surface area contributed by atoms with Gasteiger partial charge in [-0.25, -0.2) is 0 Å².